The van der Waals surface area contributed by atoms with Gasteiger partial charge in [0.1, 0.15) is 5.82 Å². The maximum Gasteiger partial charge on any atom is 0.205 e. The molecule has 0 amide bonds. The molecule has 1 atom stereocenters. The fourth-order valence-electron chi connectivity index (χ4n) is 1.85. The molecule has 16 heavy (non-hydrogen) atoms. The number of nitrogens with zero attached hydrogens (tertiary/aromatic N) is 3. The Morgan fingerprint density at radius 1 is 1.50 bits per heavy atom. The number of anilines is 1. The van der Waals surface area contributed by atoms with E-state index in [-0.39, 0.29) is 6.10 Å². The molecule has 0 spiro atoms. The van der Waals surface area contributed by atoms with Crippen LogP contribution in [0.5, 0.6) is 0 Å². The molecule has 1 aromatic heterocycles. The van der Waals surface area contributed by atoms with E-state index in [4.69, 9.17) is 16.3 Å². The molecule has 0 bridgehead atoms. The van der Waals surface area contributed by atoms with E-state index in [1.807, 2.05) is 0 Å². The van der Waals surface area contributed by atoms with Crippen LogP contribution in [0.2, 0.25) is 0 Å². The van der Waals surface area contributed by atoms with E-state index < -0.39 is 0 Å². The Kier molecular flexibility index (Phi) is 3.00. The second-order valence-electron chi connectivity index (χ2n) is 4.30. The van der Waals surface area contributed by atoms with Crippen molar-refractivity contribution in [2.45, 2.75) is 24.9 Å². The van der Waals surface area contributed by atoms with Crippen molar-refractivity contribution in [2.75, 3.05) is 30.5 Å². The summed E-state index contributed by atoms with van der Waals surface area (Å²) >= 11 is 7.32. The monoisotopic (exact) mass is 259 g/mol. The van der Waals surface area contributed by atoms with E-state index in [1.54, 1.807) is 0 Å². The minimum absolute atomic E-state index is 0.128. The van der Waals surface area contributed by atoms with Gasteiger partial charge in [0.05, 0.1) is 18.6 Å². The zero-order valence-electron chi connectivity index (χ0n) is 8.93. The summed E-state index contributed by atoms with van der Waals surface area (Å²) in [6.45, 7) is 2.46. The van der Waals surface area contributed by atoms with Crippen LogP contribution in [0.25, 0.3) is 0 Å². The Balaban J connectivity index is 1.70. The third-order valence-electron chi connectivity index (χ3n) is 2.95. The van der Waals surface area contributed by atoms with Gasteiger partial charge < -0.3 is 9.64 Å². The molecule has 88 valence electrons. The Hall–Kier alpha value is -0.390. The first-order valence-corrected chi connectivity index (χ1v) is 6.93. The molecular formula is C10H14ClN3OS. The highest BCUT2D eigenvalue weighted by atomic mass is 35.5. The number of aromatic nitrogens is 2. The molecule has 4 nitrogen and oxygen atoms in total. The average molecular weight is 260 g/mol. The summed E-state index contributed by atoms with van der Waals surface area (Å²) in [6, 6.07) is 0. The number of hydrogen-bond acceptors (Lipinski definition) is 5. The molecule has 1 unspecified atom stereocenters. The lowest BCUT2D eigenvalue weighted by Gasteiger charge is -2.31. The van der Waals surface area contributed by atoms with Crippen LogP contribution in [0.4, 0.5) is 5.13 Å². The molecule has 0 aromatic carbocycles. The van der Waals surface area contributed by atoms with Crippen LogP contribution < -0.4 is 4.90 Å². The van der Waals surface area contributed by atoms with Gasteiger partial charge in [-0.2, -0.15) is 4.37 Å². The van der Waals surface area contributed by atoms with Crippen molar-refractivity contribution in [3.05, 3.63) is 5.82 Å². The Bertz CT molecular complexity index is 369. The van der Waals surface area contributed by atoms with Crippen LogP contribution in [0.1, 0.15) is 24.6 Å². The molecule has 2 aliphatic rings. The maximum absolute atomic E-state index is 5.81. The topological polar surface area (TPSA) is 38.2 Å². The van der Waals surface area contributed by atoms with Crippen LogP contribution in [-0.2, 0) is 4.74 Å². The van der Waals surface area contributed by atoms with Gasteiger partial charge in [0.25, 0.3) is 0 Å². The van der Waals surface area contributed by atoms with Crippen molar-refractivity contribution in [3.63, 3.8) is 0 Å². The molecule has 3 rings (SSSR count). The van der Waals surface area contributed by atoms with Gasteiger partial charge in [0, 0.05) is 30.5 Å². The molecule has 2 heterocycles. The largest absolute Gasteiger partial charge is 0.373 e. The molecule has 6 heteroatoms. The van der Waals surface area contributed by atoms with Crippen molar-refractivity contribution in [1.82, 2.24) is 9.36 Å². The molecule has 1 saturated heterocycles. The van der Waals surface area contributed by atoms with Crippen LogP contribution in [0, 0.1) is 0 Å². The van der Waals surface area contributed by atoms with Gasteiger partial charge >= 0.3 is 0 Å². The zero-order chi connectivity index (χ0) is 11.0. The van der Waals surface area contributed by atoms with Crippen molar-refractivity contribution >= 4 is 28.3 Å². The van der Waals surface area contributed by atoms with Gasteiger partial charge in [0.2, 0.25) is 5.13 Å². The van der Waals surface area contributed by atoms with E-state index in [2.05, 4.69) is 14.3 Å². The molecule has 2 fully saturated rings. The minimum Gasteiger partial charge on any atom is -0.373 e. The first-order valence-electron chi connectivity index (χ1n) is 5.63. The smallest absolute Gasteiger partial charge is 0.205 e. The van der Waals surface area contributed by atoms with E-state index in [1.165, 1.54) is 24.4 Å². The van der Waals surface area contributed by atoms with Crippen LogP contribution >= 0.6 is 23.1 Å². The third-order valence-corrected chi connectivity index (χ3v) is 4.09. The standard InChI is InChI=1S/C10H14ClN3OS/c11-5-8-6-14(3-4-15-8)10-12-9(13-16-10)7-1-2-7/h7-8H,1-6H2. The second-order valence-corrected chi connectivity index (χ2v) is 5.34. The predicted octanol–water partition coefficient (Wildman–Crippen LogP) is 1.86. The number of ether oxygens (including phenoxy) is 1. The third kappa shape index (κ3) is 2.17. The summed E-state index contributed by atoms with van der Waals surface area (Å²) in [4.78, 5) is 6.84. The highest BCUT2D eigenvalue weighted by Gasteiger charge is 2.29. The lowest BCUT2D eigenvalue weighted by atomic mass is 10.3. The zero-order valence-corrected chi connectivity index (χ0v) is 10.5. The van der Waals surface area contributed by atoms with Gasteiger partial charge in [-0.25, -0.2) is 4.98 Å². The molecular weight excluding hydrogens is 246 g/mol. The fraction of sp³-hybridized carbons (Fsp3) is 0.800. The van der Waals surface area contributed by atoms with Gasteiger partial charge in [0.15, 0.2) is 0 Å². The lowest BCUT2D eigenvalue weighted by molar-refractivity contribution is 0.0554. The van der Waals surface area contributed by atoms with E-state index in [9.17, 15) is 0 Å². The quantitative estimate of drug-likeness (QED) is 0.777. The van der Waals surface area contributed by atoms with E-state index in [0.29, 0.717) is 11.8 Å². The van der Waals surface area contributed by atoms with Gasteiger partial charge in [-0.3, -0.25) is 0 Å². The second kappa shape index (κ2) is 4.47. The highest BCUT2D eigenvalue weighted by Crippen LogP contribution is 2.39. The normalized spacial score (nSPS) is 26.1. The van der Waals surface area contributed by atoms with E-state index in [0.717, 1.165) is 30.7 Å². The van der Waals surface area contributed by atoms with Crippen molar-refractivity contribution in [1.29, 1.82) is 0 Å². The summed E-state index contributed by atoms with van der Waals surface area (Å²) < 4.78 is 9.95. The minimum atomic E-state index is 0.128. The van der Waals surface area contributed by atoms with Crippen LogP contribution in [0.15, 0.2) is 0 Å². The van der Waals surface area contributed by atoms with Crippen molar-refractivity contribution in [2.24, 2.45) is 0 Å². The Labute approximate surface area is 104 Å². The van der Waals surface area contributed by atoms with Crippen LogP contribution in [0.3, 0.4) is 0 Å². The molecule has 0 radical (unpaired) electrons. The first-order chi connectivity index (χ1) is 7.86. The summed E-state index contributed by atoms with van der Waals surface area (Å²) in [5, 5.41) is 1.03. The summed E-state index contributed by atoms with van der Waals surface area (Å²) in [5.41, 5.74) is 0. The molecule has 1 aliphatic carbocycles. The fourth-order valence-corrected chi connectivity index (χ4v) is 2.82. The highest BCUT2D eigenvalue weighted by molar-refractivity contribution is 7.09. The summed E-state index contributed by atoms with van der Waals surface area (Å²) in [7, 11) is 0. The lowest BCUT2D eigenvalue weighted by Crippen LogP contribution is -2.43. The number of hydrogen-bond donors (Lipinski definition) is 0. The number of alkyl halides is 1. The molecule has 1 aromatic rings. The number of morpholine rings is 1. The molecule has 1 aliphatic heterocycles. The summed E-state index contributed by atoms with van der Waals surface area (Å²) in [6.07, 6.45) is 2.64. The van der Waals surface area contributed by atoms with Crippen molar-refractivity contribution < 1.29 is 4.74 Å². The van der Waals surface area contributed by atoms with Crippen molar-refractivity contribution in [3.8, 4) is 0 Å². The maximum atomic E-state index is 5.81. The Morgan fingerprint density at radius 2 is 2.38 bits per heavy atom. The molecule has 0 N–H and O–H groups in total. The van der Waals surface area contributed by atoms with E-state index >= 15 is 0 Å². The van der Waals surface area contributed by atoms with Gasteiger partial charge in [-0.05, 0) is 12.8 Å². The SMILES string of the molecule is ClCC1CN(c2nc(C3CC3)ns2)CCO1. The first kappa shape index (κ1) is 10.7. The van der Waals surface area contributed by atoms with Crippen LogP contribution in [-0.4, -0.2) is 41.0 Å². The number of halogens is 1. The summed E-state index contributed by atoms with van der Waals surface area (Å²) in [5.74, 6) is 2.22. The average Bonchev–Trinajstić information content (AvgIpc) is 3.07. The predicted molar refractivity (Wildman–Crippen MR) is 64.6 cm³/mol. The van der Waals surface area contributed by atoms with Gasteiger partial charge in [-0.15, -0.1) is 11.6 Å². The number of rotatable bonds is 3. The molecule has 1 saturated carbocycles. The Morgan fingerprint density at radius 3 is 3.12 bits per heavy atom. The van der Waals surface area contributed by atoms with Gasteiger partial charge in [-0.1, -0.05) is 0 Å².